The van der Waals surface area contributed by atoms with Crippen LogP contribution >= 0.6 is 11.3 Å². The van der Waals surface area contributed by atoms with Crippen molar-refractivity contribution in [2.45, 2.75) is 26.2 Å². The average Bonchev–Trinajstić information content (AvgIpc) is 2.74. The number of nitrogens with zero attached hydrogens (tertiary/aromatic N) is 2. The summed E-state index contributed by atoms with van der Waals surface area (Å²) in [5.74, 6) is 0.0691. The first-order valence-electron chi connectivity index (χ1n) is 5.66. The molecule has 2 heterocycles. The summed E-state index contributed by atoms with van der Waals surface area (Å²) < 4.78 is 0. The summed E-state index contributed by atoms with van der Waals surface area (Å²) in [5.41, 5.74) is 7.18. The maximum absolute atomic E-state index is 7.66. The van der Waals surface area contributed by atoms with Crippen molar-refractivity contribution < 1.29 is 0 Å². The SMILES string of the molecule is CC(C)(C)c1nc(-c2ccccn2)sc1C(=N)N. The van der Waals surface area contributed by atoms with Crippen molar-refractivity contribution in [3.8, 4) is 10.7 Å². The highest BCUT2D eigenvalue weighted by molar-refractivity contribution is 7.17. The smallest absolute Gasteiger partial charge is 0.142 e. The summed E-state index contributed by atoms with van der Waals surface area (Å²) in [6.07, 6.45) is 1.74. The number of hydrogen-bond acceptors (Lipinski definition) is 4. The Morgan fingerprint density at radius 1 is 1.33 bits per heavy atom. The maximum Gasteiger partial charge on any atom is 0.142 e. The Bertz CT molecular complexity index is 566. The summed E-state index contributed by atoms with van der Waals surface area (Å²) in [6, 6.07) is 5.71. The number of aromatic nitrogens is 2. The molecule has 0 saturated heterocycles. The van der Waals surface area contributed by atoms with Gasteiger partial charge >= 0.3 is 0 Å². The molecule has 0 spiro atoms. The summed E-state index contributed by atoms with van der Waals surface area (Å²) >= 11 is 1.42. The molecule has 0 aliphatic carbocycles. The molecule has 0 unspecified atom stereocenters. The fourth-order valence-electron chi connectivity index (χ4n) is 1.61. The molecule has 0 atom stereocenters. The lowest BCUT2D eigenvalue weighted by molar-refractivity contribution is 0.572. The highest BCUT2D eigenvalue weighted by Crippen LogP contribution is 2.33. The van der Waals surface area contributed by atoms with Gasteiger partial charge in [-0.3, -0.25) is 10.4 Å². The van der Waals surface area contributed by atoms with Crippen molar-refractivity contribution in [3.05, 3.63) is 35.0 Å². The van der Waals surface area contributed by atoms with E-state index in [2.05, 4.69) is 30.7 Å². The minimum absolute atomic E-state index is 0.0691. The van der Waals surface area contributed by atoms with Gasteiger partial charge in [-0.05, 0) is 12.1 Å². The molecule has 0 amide bonds. The first kappa shape index (κ1) is 12.7. The van der Waals surface area contributed by atoms with Crippen molar-refractivity contribution in [3.63, 3.8) is 0 Å². The van der Waals surface area contributed by atoms with Crippen molar-refractivity contribution in [1.29, 1.82) is 5.41 Å². The van der Waals surface area contributed by atoms with Gasteiger partial charge in [0.2, 0.25) is 0 Å². The number of thiazole rings is 1. The van der Waals surface area contributed by atoms with Crippen LogP contribution in [0.2, 0.25) is 0 Å². The van der Waals surface area contributed by atoms with Crippen LogP contribution in [-0.2, 0) is 5.41 Å². The van der Waals surface area contributed by atoms with Crippen LogP contribution in [-0.4, -0.2) is 15.8 Å². The van der Waals surface area contributed by atoms with Gasteiger partial charge in [0.1, 0.15) is 10.8 Å². The van der Waals surface area contributed by atoms with Gasteiger partial charge in [-0.1, -0.05) is 26.8 Å². The highest BCUT2D eigenvalue weighted by Gasteiger charge is 2.25. The molecule has 0 bridgehead atoms. The van der Waals surface area contributed by atoms with Gasteiger partial charge in [0.25, 0.3) is 0 Å². The molecule has 94 valence electrons. The monoisotopic (exact) mass is 260 g/mol. The molecule has 0 radical (unpaired) electrons. The van der Waals surface area contributed by atoms with Crippen LogP contribution < -0.4 is 5.73 Å². The van der Waals surface area contributed by atoms with Crippen LogP contribution in [0.25, 0.3) is 10.7 Å². The second-order valence-corrected chi connectivity index (χ2v) is 6.07. The highest BCUT2D eigenvalue weighted by atomic mass is 32.1. The fraction of sp³-hybridized carbons (Fsp3) is 0.308. The Kier molecular flexibility index (Phi) is 3.17. The van der Waals surface area contributed by atoms with Gasteiger partial charge in [0.05, 0.1) is 16.3 Å². The van der Waals surface area contributed by atoms with Crippen LogP contribution in [0.4, 0.5) is 0 Å². The van der Waals surface area contributed by atoms with Crippen LogP contribution in [0.3, 0.4) is 0 Å². The number of nitrogens with two attached hydrogens (primary N) is 1. The third-order valence-corrected chi connectivity index (χ3v) is 3.58. The molecule has 18 heavy (non-hydrogen) atoms. The largest absolute Gasteiger partial charge is 0.383 e. The van der Waals surface area contributed by atoms with Gasteiger partial charge in [-0.15, -0.1) is 11.3 Å². The number of nitrogen functional groups attached to an aromatic ring is 1. The normalized spacial score (nSPS) is 11.5. The predicted molar refractivity (Wildman–Crippen MR) is 75.1 cm³/mol. The molecule has 5 heteroatoms. The molecular weight excluding hydrogens is 244 g/mol. The molecule has 4 nitrogen and oxygen atoms in total. The first-order chi connectivity index (χ1) is 8.39. The second kappa shape index (κ2) is 4.49. The van der Waals surface area contributed by atoms with E-state index in [0.717, 1.165) is 21.3 Å². The summed E-state index contributed by atoms with van der Waals surface area (Å²) in [4.78, 5) is 9.63. The molecule has 2 aromatic rings. The van der Waals surface area contributed by atoms with E-state index in [4.69, 9.17) is 11.1 Å². The Labute approximate surface area is 110 Å². The van der Waals surface area contributed by atoms with Crippen LogP contribution in [0, 0.1) is 5.41 Å². The third-order valence-electron chi connectivity index (χ3n) is 2.47. The minimum atomic E-state index is -0.134. The Balaban J connectivity index is 2.57. The van der Waals surface area contributed by atoms with Crippen LogP contribution in [0.5, 0.6) is 0 Å². The number of amidine groups is 1. The van der Waals surface area contributed by atoms with E-state index >= 15 is 0 Å². The topological polar surface area (TPSA) is 75.7 Å². The zero-order chi connectivity index (χ0) is 13.3. The third kappa shape index (κ3) is 2.41. The molecular formula is C13H16N4S. The summed E-state index contributed by atoms with van der Waals surface area (Å²) in [5, 5.41) is 8.47. The van der Waals surface area contributed by atoms with Crippen molar-refractivity contribution in [2.75, 3.05) is 0 Å². The van der Waals surface area contributed by atoms with Gasteiger partial charge < -0.3 is 5.73 Å². The zero-order valence-electron chi connectivity index (χ0n) is 10.7. The molecule has 2 aromatic heterocycles. The summed E-state index contributed by atoms with van der Waals surface area (Å²) in [6.45, 7) is 6.20. The zero-order valence-corrected chi connectivity index (χ0v) is 11.5. The van der Waals surface area contributed by atoms with E-state index in [9.17, 15) is 0 Å². The molecule has 0 saturated carbocycles. The number of hydrogen-bond donors (Lipinski definition) is 2. The lowest BCUT2D eigenvalue weighted by atomic mass is 9.91. The van der Waals surface area contributed by atoms with E-state index in [1.165, 1.54) is 11.3 Å². The lowest BCUT2D eigenvalue weighted by Gasteiger charge is -2.16. The molecule has 0 aliphatic heterocycles. The van der Waals surface area contributed by atoms with Crippen LogP contribution in [0.1, 0.15) is 31.3 Å². The van der Waals surface area contributed by atoms with E-state index in [-0.39, 0.29) is 11.3 Å². The van der Waals surface area contributed by atoms with E-state index in [0.29, 0.717) is 0 Å². The van der Waals surface area contributed by atoms with Crippen molar-refractivity contribution >= 4 is 17.2 Å². The van der Waals surface area contributed by atoms with E-state index < -0.39 is 0 Å². The van der Waals surface area contributed by atoms with Crippen LogP contribution in [0.15, 0.2) is 24.4 Å². The van der Waals surface area contributed by atoms with Gasteiger partial charge in [0, 0.05) is 11.6 Å². The lowest BCUT2D eigenvalue weighted by Crippen LogP contribution is -2.19. The molecule has 0 aliphatic rings. The Hall–Kier alpha value is -1.75. The van der Waals surface area contributed by atoms with Gasteiger partial charge in [-0.25, -0.2) is 4.98 Å². The number of rotatable bonds is 2. The fourth-order valence-corrected chi connectivity index (χ4v) is 2.72. The number of nitrogens with one attached hydrogen (secondary N) is 1. The summed E-state index contributed by atoms with van der Waals surface area (Å²) in [7, 11) is 0. The second-order valence-electron chi connectivity index (χ2n) is 5.08. The molecule has 3 N–H and O–H groups in total. The first-order valence-corrected chi connectivity index (χ1v) is 6.48. The van der Waals surface area contributed by atoms with Crippen molar-refractivity contribution in [1.82, 2.24) is 9.97 Å². The van der Waals surface area contributed by atoms with Gasteiger partial charge in [-0.2, -0.15) is 0 Å². The Morgan fingerprint density at radius 2 is 2.06 bits per heavy atom. The number of pyridine rings is 1. The molecule has 0 aromatic carbocycles. The molecule has 2 rings (SSSR count). The Morgan fingerprint density at radius 3 is 2.50 bits per heavy atom. The quantitative estimate of drug-likeness (QED) is 0.644. The maximum atomic E-state index is 7.66. The van der Waals surface area contributed by atoms with E-state index in [1.807, 2.05) is 18.2 Å². The van der Waals surface area contributed by atoms with E-state index in [1.54, 1.807) is 6.20 Å². The molecule has 0 fully saturated rings. The predicted octanol–water partition coefficient (Wildman–Crippen LogP) is 2.79. The standard InChI is InChI=1S/C13H16N4S/c1-13(2,3)10-9(11(14)15)18-12(17-10)8-6-4-5-7-16-8/h4-7H,1-3H3,(H3,14,15). The average molecular weight is 260 g/mol. The van der Waals surface area contributed by atoms with Crippen molar-refractivity contribution in [2.24, 2.45) is 5.73 Å². The minimum Gasteiger partial charge on any atom is -0.383 e. The van der Waals surface area contributed by atoms with Gasteiger partial charge in [0.15, 0.2) is 0 Å².